The molecular weight excluding hydrogens is 350 g/mol. The van der Waals surface area contributed by atoms with Crippen LogP contribution < -0.4 is 5.32 Å². The maximum Gasteiger partial charge on any atom is 0.258 e. The largest absolute Gasteiger partial charge is 0.320 e. The molecule has 0 bridgehead atoms. The lowest BCUT2D eigenvalue weighted by molar-refractivity contribution is 0.102. The van der Waals surface area contributed by atoms with E-state index < -0.39 is 0 Å². The minimum Gasteiger partial charge on any atom is -0.320 e. The Morgan fingerprint density at radius 2 is 1.92 bits per heavy atom. The minimum atomic E-state index is -0.343. The van der Waals surface area contributed by atoms with E-state index in [4.69, 9.17) is 11.6 Å². The molecule has 1 aromatic carbocycles. The van der Waals surface area contributed by atoms with Crippen molar-refractivity contribution in [3.05, 3.63) is 77.3 Å². The third-order valence-electron chi connectivity index (χ3n) is 3.97. The van der Waals surface area contributed by atoms with E-state index in [9.17, 15) is 4.79 Å². The lowest BCUT2D eigenvalue weighted by Gasteiger charge is -2.07. The first-order valence-corrected chi connectivity index (χ1v) is 8.33. The number of anilines is 1. The second kappa shape index (κ2) is 6.57. The van der Waals surface area contributed by atoms with Gasteiger partial charge in [-0.05, 0) is 31.2 Å². The van der Waals surface area contributed by atoms with E-state index in [1.54, 1.807) is 29.2 Å². The number of aromatic nitrogens is 4. The number of carbonyl (C=O) groups excluding carboxylic acids is 1. The highest BCUT2D eigenvalue weighted by Crippen LogP contribution is 2.30. The number of aryl methyl sites for hydroxylation is 1. The van der Waals surface area contributed by atoms with Crippen LogP contribution in [-0.2, 0) is 0 Å². The van der Waals surface area contributed by atoms with Gasteiger partial charge in [0.25, 0.3) is 5.91 Å². The molecule has 4 aromatic rings. The predicted molar refractivity (Wildman–Crippen MR) is 101 cm³/mol. The number of nitrogens with one attached hydrogen (secondary N) is 1. The molecule has 128 valence electrons. The fraction of sp³-hybridized carbons (Fsp3) is 0.0526. The summed E-state index contributed by atoms with van der Waals surface area (Å²) in [5, 5.41) is 8.29. The molecule has 0 aliphatic heterocycles. The number of benzene rings is 1. The Morgan fingerprint density at radius 1 is 1.12 bits per heavy atom. The Hall–Kier alpha value is -3.25. The van der Waals surface area contributed by atoms with Crippen molar-refractivity contribution in [1.29, 1.82) is 0 Å². The highest BCUT2D eigenvalue weighted by molar-refractivity contribution is 6.39. The van der Waals surface area contributed by atoms with Crippen molar-refractivity contribution in [2.45, 2.75) is 6.92 Å². The summed E-state index contributed by atoms with van der Waals surface area (Å²) in [4.78, 5) is 21.0. The smallest absolute Gasteiger partial charge is 0.258 e. The Morgan fingerprint density at radius 3 is 2.65 bits per heavy atom. The Kier molecular flexibility index (Phi) is 4.10. The quantitative estimate of drug-likeness (QED) is 0.596. The summed E-state index contributed by atoms with van der Waals surface area (Å²) in [6.45, 7) is 1.85. The highest BCUT2D eigenvalue weighted by Gasteiger charge is 2.20. The van der Waals surface area contributed by atoms with Crippen LogP contribution in [0.1, 0.15) is 16.1 Å². The number of pyridine rings is 2. The van der Waals surface area contributed by atoms with Gasteiger partial charge in [-0.2, -0.15) is 5.10 Å². The predicted octanol–water partition coefficient (Wildman–Crippen LogP) is 4.03. The van der Waals surface area contributed by atoms with E-state index in [2.05, 4.69) is 20.4 Å². The molecule has 26 heavy (non-hydrogen) atoms. The van der Waals surface area contributed by atoms with E-state index in [-0.39, 0.29) is 5.91 Å². The third-order valence-corrected chi connectivity index (χ3v) is 4.37. The van der Waals surface area contributed by atoms with E-state index in [0.717, 1.165) is 5.69 Å². The molecule has 1 N–H and O–H groups in total. The molecule has 6 nitrogen and oxygen atoms in total. The molecule has 0 saturated carbocycles. The summed E-state index contributed by atoms with van der Waals surface area (Å²) < 4.78 is 1.72. The number of amides is 1. The Bertz CT molecular complexity index is 1090. The molecule has 0 fully saturated rings. The van der Waals surface area contributed by atoms with Gasteiger partial charge in [-0.25, -0.2) is 9.67 Å². The number of hydrogen-bond donors (Lipinski definition) is 1. The van der Waals surface area contributed by atoms with Gasteiger partial charge in [0, 0.05) is 12.4 Å². The van der Waals surface area contributed by atoms with Crippen LogP contribution in [0.2, 0.25) is 5.02 Å². The van der Waals surface area contributed by atoms with Crippen LogP contribution in [0.3, 0.4) is 0 Å². The average Bonchev–Trinajstić information content (AvgIpc) is 3.01. The molecule has 0 aliphatic rings. The van der Waals surface area contributed by atoms with Crippen LogP contribution in [-0.4, -0.2) is 25.7 Å². The van der Waals surface area contributed by atoms with Crippen molar-refractivity contribution in [3.63, 3.8) is 0 Å². The minimum absolute atomic E-state index is 0.290. The number of carbonyl (C=O) groups is 1. The Balaban J connectivity index is 1.78. The van der Waals surface area contributed by atoms with E-state index in [1.807, 2.05) is 37.3 Å². The van der Waals surface area contributed by atoms with Gasteiger partial charge in [0.1, 0.15) is 0 Å². The van der Waals surface area contributed by atoms with E-state index in [1.165, 1.54) is 6.20 Å². The van der Waals surface area contributed by atoms with Gasteiger partial charge in [0.2, 0.25) is 0 Å². The molecule has 1 amide bonds. The molecule has 0 atom stereocenters. The maximum absolute atomic E-state index is 12.6. The van der Waals surface area contributed by atoms with Gasteiger partial charge in [-0.15, -0.1) is 0 Å². The van der Waals surface area contributed by atoms with Gasteiger partial charge in [-0.1, -0.05) is 29.8 Å². The number of halogens is 1. The number of hydrogen-bond acceptors (Lipinski definition) is 4. The van der Waals surface area contributed by atoms with Crippen molar-refractivity contribution >= 4 is 34.2 Å². The SMILES string of the molecule is Cc1nn(-c2ccccc2)c2ncc(C(=O)Nc3cccnc3)c(Cl)c12. The van der Waals surface area contributed by atoms with E-state index >= 15 is 0 Å². The van der Waals surface area contributed by atoms with Crippen LogP contribution in [0.4, 0.5) is 5.69 Å². The zero-order valence-corrected chi connectivity index (χ0v) is 14.6. The van der Waals surface area contributed by atoms with Gasteiger partial charge >= 0.3 is 0 Å². The zero-order valence-electron chi connectivity index (χ0n) is 13.8. The highest BCUT2D eigenvalue weighted by atomic mass is 35.5. The van der Waals surface area contributed by atoms with Crippen molar-refractivity contribution < 1.29 is 4.79 Å². The molecule has 0 aliphatic carbocycles. The number of rotatable bonds is 3. The first-order chi connectivity index (χ1) is 12.6. The van der Waals surface area contributed by atoms with Crippen molar-refractivity contribution in [3.8, 4) is 5.69 Å². The summed E-state index contributed by atoms with van der Waals surface area (Å²) in [6.07, 6.45) is 4.67. The second-order valence-electron chi connectivity index (χ2n) is 5.71. The van der Waals surface area contributed by atoms with Crippen LogP contribution in [0.15, 0.2) is 61.1 Å². The van der Waals surface area contributed by atoms with Crippen molar-refractivity contribution in [2.75, 3.05) is 5.32 Å². The maximum atomic E-state index is 12.6. The first-order valence-electron chi connectivity index (χ1n) is 7.96. The van der Waals surface area contributed by atoms with Gasteiger partial charge in [0.05, 0.1) is 39.2 Å². The summed E-state index contributed by atoms with van der Waals surface area (Å²) >= 11 is 6.54. The third kappa shape index (κ3) is 2.80. The van der Waals surface area contributed by atoms with Crippen LogP contribution in [0.25, 0.3) is 16.7 Å². The average molecular weight is 364 g/mol. The standard InChI is InChI=1S/C19H14ClN5O/c1-12-16-17(20)15(19(26)23-13-6-5-9-21-10-13)11-22-18(16)25(24-12)14-7-3-2-4-8-14/h2-11H,1H3,(H,23,26). The second-order valence-corrected chi connectivity index (χ2v) is 6.09. The van der Waals surface area contributed by atoms with Crippen LogP contribution in [0.5, 0.6) is 0 Å². The fourth-order valence-electron chi connectivity index (χ4n) is 2.75. The lowest BCUT2D eigenvalue weighted by Crippen LogP contribution is -2.13. The van der Waals surface area contributed by atoms with Gasteiger partial charge < -0.3 is 5.32 Å². The molecule has 4 rings (SSSR count). The van der Waals surface area contributed by atoms with Crippen molar-refractivity contribution in [2.24, 2.45) is 0 Å². The normalized spacial score (nSPS) is 10.8. The summed E-state index contributed by atoms with van der Waals surface area (Å²) in [6, 6.07) is 13.2. The van der Waals surface area contributed by atoms with Gasteiger partial charge in [0.15, 0.2) is 5.65 Å². The number of nitrogens with zero attached hydrogens (tertiary/aromatic N) is 4. The zero-order chi connectivity index (χ0) is 18.1. The van der Waals surface area contributed by atoms with E-state index in [0.29, 0.717) is 33.0 Å². The lowest BCUT2D eigenvalue weighted by atomic mass is 10.2. The molecule has 3 heterocycles. The molecule has 0 spiro atoms. The molecule has 3 aromatic heterocycles. The first kappa shape index (κ1) is 16.2. The summed E-state index contributed by atoms with van der Waals surface area (Å²) in [5.41, 5.74) is 3.07. The summed E-state index contributed by atoms with van der Waals surface area (Å²) in [7, 11) is 0. The van der Waals surface area contributed by atoms with Crippen LogP contribution >= 0.6 is 11.6 Å². The monoisotopic (exact) mass is 363 g/mol. The number of fused-ring (bicyclic) bond motifs is 1. The topological polar surface area (TPSA) is 72.7 Å². The van der Waals surface area contributed by atoms with Crippen LogP contribution in [0, 0.1) is 6.92 Å². The molecule has 0 radical (unpaired) electrons. The van der Waals surface area contributed by atoms with Gasteiger partial charge in [-0.3, -0.25) is 9.78 Å². The molecule has 0 saturated heterocycles. The van der Waals surface area contributed by atoms with Crippen molar-refractivity contribution in [1.82, 2.24) is 19.7 Å². The number of para-hydroxylation sites is 1. The molecule has 7 heteroatoms. The Labute approximate surface area is 154 Å². The molecular formula is C19H14ClN5O. The molecule has 0 unspecified atom stereocenters. The summed E-state index contributed by atoms with van der Waals surface area (Å²) in [5.74, 6) is -0.343. The fourth-order valence-corrected chi connectivity index (χ4v) is 3.11.